The molecular formula is C22H16BrClN2O4S2. The molecule has 0 aliphatic heterocycles. The quantitative estimate of drug-likeness (QED) is 0.352. The zero-order valence-corrected chi connectivity index (χ0v) is 20.8. The van der Waals surface area contributed by atoms with Crippen molar-refractivity contribution in [2.24, 2.45) is 0 Å². The lowest BCUT2D eigenvalue weighted by Gasteiger charge is -2.02. The van der Waals surface area contributed by atoms with Gasteiger partial charge in [0.2, 0.25) is 15.6 Å². The van der Waals surface area contributed by atoms with Crippen LogP contribution >= 0.6 is 38.9 Å². The summed E-state index contributed by atoms with van der Waals surface area (Å²) >= 11 is 10.3. The summed E-state index contributed by atoms with van der Waals surface area (Å²) in [5.41, 5.74) is -0.113. The monoisotopic (exact) mass is 550 g/mol. The molecule has 6 nitrogen and oxygen atoms in total. The second kappa shape index (κ2) is 8.47. The molecule has 4 rings (SSSR count). The van der Waals surface area contributed by atoms with E-state index in [0.717, 1.165) is 15.8 Å². The molecule has 0 saturated heterocycles. The molecule has 0 N–H and O–H groups in total. The van der Waals surface area contributed by atoms with Crippen LogP contribution in [0.15, 0.2) is 73.7 Å². The summed E-state index contributed by atoms with van der Waals surface area (Å²) in [6.07, 6.45) is 1.60. The molecule has 0 saturated carbocycles. The van der Waals surface area contributed by atoms with Gasteiger partial charge < -0.3 is 4.90 Å². The standard InChI is InChI=1S/C22H16BrClN2O4S2/c1-25(2)12-18-21(28)26-17(20(27)13-3-5-14(23)6-4-13)11-19(22(26)31-18)32(29,30)16-9-7-15(24)8-10-16/h3-12H,1-2H3/b18-12-. The third-order valence-electron chi connectivity index (χ3n) is 4.67. The minimum Gasteiger partial charge on any atom is -0.382 e. The van der Waals surface area contributed by atoms with E-state index in [4.69, 9.17) is 11.6 Å². The van der Waals surface area contributed by atoms with E-state index in [9.17, 15) is 18.0 Å². The van der Waals surface area contributed by atoms with Gasteiger partial charge >= 0.3 is 0 Å². The molecule has 10 heteroatoms. The Labute approximate surface area is 201 Å². The normalized spacial score (nSPS) is 12.4. The number of nitrogens with zero attached hydrogens (tertiary/aromatic N) is 2. The lowest BCUT2D eigenvalue weighted by atomic mass is 10.1. The van der Waals surface area contributed by atoms with Crippen LogP contribution in [-0.4, -0.2) is 37.6 Å². The van der Waals surface area contributed by atoms with Gasteiger partial charge in [-0.1, -0.05) is 27.5 Å². The number of sulfone groups is 1. The van der Waals surface area contributed by atoms with Crippen molar-refractivity contribution >= 4 is 65.5 Å². The summed E-state index contributed by atoms with van der Waals surface area (Å²) in [6.45, 7) is 0. The van der Waals surface area contributed by atoms with Gasteiger partial charge in [-0.15, -0.1) is 11.3 Å². The van der Waals surface area contributed by atoms with Crippen LogP contribution in [0, 0.1) is 0 Å². The molecule has 0 aliphatic carbocycles. The Balaban J connectivity index is 2.02. The van der Waals surface area contributed by atoms with Crippen molar-refractivity contribution in [3.8, 4) is 0 Å². The Bertz CT molecular complexity index is 1560. The van der Waals surface area contributed by atoms with Crippen molar-refractivity contribution < 1.29 is 13.2 Å². The first-order chi connectivity index (χ1) is 15.1. The highest BCUT2D eigenvalue weighted by molar-refractivity contribution is 9.10. The summed E-state index contributed by atoms with van der Waals surface area (Å²) < 4.78 is 29.2. The third-order valence-corrected chi connectivity index (χ3v) is 8.46. The van der Waals surface area contributed by atoms with Crippen LogP contribution < -0.4 is 10.1 Å². The number of fused-ring (bicyclic) bond motifs is 1. The first-order valence-corrected chi connectivity index (χ1v) is 12.7. The van der Waals surface area contributed by atoms with Crippen molar-refractivity contribution in [1.29, 1.82) is 0 Å². The molecular weight excluding hydrogens is 536 g/mol. The predicted octanol–water partition coefficient (Wildman–Crippen LogP) is 3.86. The molecule has 32 heavy (non-hydrogen) atoms. The Morgan fingerprint density at radius 3 is 2.31 bits per heavy atom. The average Bonchev–Trinajstić information content (AvgIpc) is 3.26. The van der Waals surface area contributed by atoms with Gasteiger partial charge in [0.05, 0.1) is 10.6 Å². The molecule has 0 atom stereocenters. The fourth-order valence-corrected chi connectivity index (χ4v) is 6.45. The summed E-state index contributed by atoms with van der Waals surface area (Å²) in [5, 5.41) is 0.401. The van der Waals surface area contributed by atoms with Gasteiger partial charge in [-0.25, -0.2) is 8.42 Å². The van der Waals surface area contributed by atoms with E-state index in [2.05, 4.69) is 15.9 Å². The lowest BCUT2D eigenvalue weighted by Crippen LogP contribution is -2.27. The Kier molecular flexibility index (Phi) is 6.02. The number of benzene rings is 2. The highest BCUT2D eigenvalue weighted by Crippen LogP contribution is 2.30. The number of hydrogen-bond acceptors (Lipinski definition) is 6. The fourth-order valence-electron chi connectivity index (χ4n) is 3.19. The maximum Gasteiger partial charge on any atom is 0.275 e. The molecule has 0 aliphatic rings. The van der Waals surface area contributed by atoms with Crippen molar-refractivity contribution in [2.45, 2.75) is 9.79 Å². The molecule has 0 spiro atoms. The molecule has 0 fully saturated rings. The maximum atomic E-state index is 13.4. The largest absolute Gasteiger partial charge is 0.382 e. The van der Waals surface area contributed by atoms with Crippen LogP contribution in [0.4, 0.5) is 0 Å². The zero-order chi connectivity index (χ0) is 23.2. The van der Waals surface area contributed by atoms with E-state index in [1.807, 2.05) is 0 Å². The first kappa shape index (κ1) is 22.7. The molecule has 2 heterocycles. The molecule has 0 bridgehead atoms. The second-order valence-corrected chi connectivity index (χ2v) is 11.5. The lowest BCUT2D eigenvalue weighted by molar-refractivity contribution is 0.103. The highest BCUT2D eigenvalue weighted by atomic mass is 79.9. The summed E-state index contributed by atoms with van der Waals surface area (Å²) in [7, 11) is -0.496. The molecule has 0 amide bonds. The number of thiazole rings is 1. The van der Waals surface area contributed by atoms with Gasteiger partial charge in [0.1, 0.15) is 14.3 Å². The van der Waals surface area contributed by atoms with Gasteiger partial charge in [0.25, 0.3) is 5.56 Å². The second-order valence-electron chi connectivity index (χ2n) is 7.19. The summed E-state index contributed by atoms with van der Waals surface area (Å²) in [4.78, 5) is 28.2. The Hall–Kier alpha value is -2.46. The van der Waals surface area contributed by atoms with E-state index in [0.29, 0.717) is 15.1 Å². The number of carbonyl (C=O) groups excluding carboxylic acids is 1. The number of hydrogen-bond donors (Lipinski definition) is 0. The van der Waals surface area contributed by atoms with Gasteiger partial charge in [0.15, 0.2) is 0 Å². The number of rotatable bonds is 5. The van der Waals surface area contributed by atoms with Crippen LogP contribution in [0.2, 0.25) is 5.02 Å². The van der Waals surface area contributed by atoms with Crippen LogP contribution in [0.5, 0.6) is 0 Å². The van der Waals surface area contributed by atoms with Crippen LogP contribution in [0.25, 0.3) is 11.0 Å². The van der Waals surface area contributed by atoms with E-state index in [1.54, 1.807) is 49.5 Å². The van der Waals surface area contributed by atoms with Crippen LogP contribution in [0.3, 0.4) is 0 Å². The third kappa shape index (κ3) is 4.01. The van der Waals surface area contributed by atoms with E-state index < -0.39 is 21.2 Å². The van der Waals surface area contributed by atoms with Gasteiger partial charge in [-0.05, 0) is 54.6 Å². The topological polar surface area (TPSA) is 75.9 Å². The number of ketones is 1. The summed E-state index contributed by atoms with van der Waals surface area (Å²) in [5.74, 6) is -0.448. The zero-order valence-electron chi connectivity index (χ0n) is 16.9. The Morgan fingerprint density at radius 2 is 1.72 bits per heavy atom. The average molecular weight is 552 g/mol. The molecule has 164 valence electrons. The fraction of sp³-hybridized carbons (Fsp3) is 0.0909. The number of aromatic nitrogens is 1. The van der Waals surface area contributed by atoms with Crippen LogP contribution in [0.1, 0.15) is 16.1 Å². The molecule has 4 aromatic rings. The van der Waals surface area contributed by atoms with E-state index >= 15 is 0 Å². The SMILES string of the molecule is CN(C)/C=c1\sc2c(S(=O)(=O)c3ccc(Cl)cc3)cc(C(=O)c3ccc(Br)cc3)n2c1=O. The van der Waals surface area contributed by atoms with Gasteiger partial charge in [-0.2, -0.15) is 0 Å². The highest BCUT2D eigenvalue weighted by Gasteiger charge is 2.29. The van der Waals surface area contributed by atoms with Crippen LogP contribution in [-0.2, 0) is 9.84 Å². The van der Waals surface area contributed by atoms with Crippen molar-refractivity contribution in [2.75, 3.05) is 14.1 Å². The van der Waals surface area contributed by atoms with E-state index in [1.165, 1.54) is 34.7 Å². The molecule has 2 aromatic heterocycles. The minimum absolute atomic E-state index is 0.00508. The van der Waals surface area contributed by atoms with Crippen molar-refractivity contribution in [1.82, 2.24) is 9.30 Å². The van der Waals surface area contributed by atoms with Gasteiger partial charge in [-0.3, -0.25) is 14.0 Å². The smallest absolute Gasteiger partial charge is 0.275 e. The predicted molar refractivity (Wildman–Crippen MR) is 129 cm³/mol. The molecule has 2 aromatic carbocycles. The Morgan fingerprint density at radius 1 is 1.09 bits per heavy atom. The summed E-state index contributed by atoms with van der Waals surface area (Å²) in [6, 6.07) is 13.7. The number of carbonyl (C=O) groups is 1. The van der Waals surface area contributed by atoms with Crippen molar-refractivity contribution in [3.05, 3.63) is 90.2 Å². The first-order valence-electron chi connectivity index (χ1n) is 9.27. The van der Waals surface area contributed by atoms with Crippen molar-refractivity contribution in [3.63, 3.8) is 0 Å². The maximum absolute atomic E-state index is 13.4. The number of halogens is 2. The molecule has 0 radical (unpaired) electrons. The van der Waals surface area contributed by atoms with E-state index in [-0.39, 0.29) is 20.3 Å². The van der Waals surface area contributed by atoms with Gasteiger partial charge in [0, 0.05) is 35.4 Å². The molecule has 0 unspecified atom stereocenters. The minimum atomic E-state index is -4.01.